The molecule has 28 aromatic rings. The highest BCUT2D eigenvalue weighted by Gasteiger charge is 2.15. The van der Waals surface area contributed by atoms with Gasteiger partial charge in [0.05, 0.1) is 0 Å². The van der Waals surface area contributed by atoms with Crippen LogP contribution in [0.2, 0.25) is 0 Å². The SMILES string of the molecule is CC.CC.CC.CC.CC.CC.CCc1cc(CC)nc(CC)n1.Cn1c2ccccc2c2ccccc21.Cn1c2ccccc2c2ccccc21.Cn1c2ccccc2c2ccccc21.Cn1c2ccccc2c2ccccc21.Cn1c2ccccc2c2ccccc21.Cn1c2ccccc2c2ccccc21.Cn1c2ccccc2c2ccccc21.Cn1c2ccccc2c2ccccc21.Cn1c2ccccc2c2ccccc21. The van der Waals surface area contributed by atoms with Crippen LogP contribution in [0.15, 0.2) is 443 Å². The van der Waals surface area contributed by atoms with Gasteiger partial charge in [0.2, 0.25) is 0 Å². The van der Waals surface area contributed by atoms with Crippen molar-refractivity contribution in [1.82, 2.24) is 51.1 Å². The molecule has 11 nitrogen and oxygen atoms in total. The van der Waals surface area contributed by atoms with Gasteiger partial charge in [0.15, 0.2) is 0 Å². The van der Waals surface area contributed by atoms with E-state index in [0.29, 0.717) is 0 Å². The molecule has 0 aliphatic rings. The Morgan fingerprint density at radius 1 is 0.127 bits per heavy atom. The number of aromatic nitrogens is 11. The fourth-order valence-electron chi connectivity index (χ4n) is 20.2. The van der Waals surface area contributed by atoms with Crippen LogP contribution in [0.5, 0.6) is 0 Å². The molecule has 10 aromatic heterocycles. The summed E-state index contributed by atoms with van der Waals surface area (Å²) in [6, 6.07) is 155. The third-order valence-electron chi connectivity index (χ3n) is 27.3. The lowest BCUT2D eigenvalue weighted by Crippen LogP contribution is -2.01. The fraction of sp³-hybridized carbons (Fsp3) is 0.194. The second-order valence-electron chi connectivity index (χ2n) is 35.2. The lowest BCUT2D eigenvalue weighted by Gasteiger charge is -2.03. The number of nitrogens with zero attached hydrogens (tertiary/aromatic N) is 11. The van der Waals surface area contributed by atoms with Gasteiger partial charge in [-0.05, 0) is 128 Å². The molecule has 0 atom stereocenters. The van der Waals surface area contributed by atoms with E-state index in [1.807, 2.05) is 83.1 Å². The quantitative estimate of drug-likeness (QED) is 0.177. The Balaban J connectivity index is 0.000000137. The number of rotatable bonds is 3. The number of benzene rings is 18. The van der Waals surface area contributed by atoms with E-state index in [9.17, 15) is 0 Å². The predicted octanol–water partition coefficient (Wildman–Crippen LogP) is 38.3. The van der Waals surface area contributed by atoms with E-state index >= 15 is 0 Å². The van der Waals surface area contributed by atoms with Crippen LogP contribution in [-0.4, -0.2) is 51.1 Å². The molecule has 0 amide bonds. The van der Waals surface area contributed by atoms with Crippen molar-refractivity contribution in [3.63, 3.8) is 0 Å². The Labute approximate surface area is 887 Å². The minimum Gasteiger partial charge on any atom is -0.344 e. The summed E-state index contributed by atoms with van der Waals surface area (Å²) in [5.41, 5.74) is 25.7. The average Bonchev–Trinajstić information content (AvgIpc) is 1.68. The van der Waals surface area contributed by atoms with E-state index in [0.717, 1.165) is 25.1 Å². The van der Waals surface area contributed by atoms with E-state index in [2.05, 4.69) is 578 Å². The van der Waals surface area contributed by atoms with Crippen molar-refractivity contribution in [2.24, 2.45) is 63.4 Å². The smallest absolute Gasteiger partial charge is 0.128 e. The van der Waals surface area contributed by atoms with Gasteiger partial charge in [-0.15, -0.1) is 0 Å². The molecule has 0 N–H and O–H groups in total. The minimum absolute atomic E-state index is 0.931. The lowest BCUT2D eigenvalue weighted by atomic mass is 10.2. The predicted molar refractivity (Wildman–Crippen MR) is 662 cm³/mol. The van der Waals surface area contributed by atoms with Crippen LogP contribution in [0.1, 0.15) is 121 Å². The van der Waals surface area contributed by atoms with Gasteiger partial charge in [0, 0.05) is 277 Å². The number of aryl methyl sites for hydroxylation is 12. The van der Waals surface area contributed by atoms with Crippen LogP contribution in [0.3, 0.4) is 0 Å². The van der Waals surface area contributed by atoms with Crippen LogP contribution in [0.4, 0.5) is 0 Å². The molecule has 0 fully saturated rings. The Bertz CT molecular complexity index is 7070. The maximum atomic E-state index is 4.41. The van der Waals surface area contributed by atoms with Gasteiger partial charge in [0.1, 0.15) is 5.82 Å². The van der Waals surface area contributed by atoms with Crippen LogP contribution in [0, 0.1) is 0 Å². The van der Waals surface area contributed by atoms with Gasteiger partial charge in [-0.1, -0.05) is 431 Å². The summed E-state index contributed by atoms with van der Waals surface area (Å²) in [6.07, 6.45) is 2.94. The van der Waals surface area contributed by atoms with Crippen molar-refractivity contribution in [2.75, 3.05) is 0 Å². The number of hydrogen-bond acceptors (Lipinski definition) is 2. The molecule has 0 spiro atoms. The monoisotopic (exact) mass is 1970 g/mol. The molecule has 10 heterocycles. The number of hydrogen-bond donors (Lipinski definition) is 0. The Morgan fingerprint density at radius 3 is 0.280 bits per heavy atom. The van der Waals surface area contributed by atoms with Gasteiger partial charge >= 0.3 is 0 Å². The Kier molecular flexibility index (Phi) is 39.8. The summed E-state index contributed by atoms with van der Waals surface area (Å²) in [5.74, 6) is 0.978. The van der Waals surface area contributed by atoms with Crippen LogP contribution < -0.4 is 0 Å². The van der Waals surface area contributed by atoms with Crippen LogP contribution in [-0.2, 0) is 82.7 Å². The zero-order valence-electron chi connectivity index (χ0n) is 92.7. The van der Waals surface area contributed by atoms with Gasteiger partial charge < -0.3 is 41.1 Å². The van der Waals surface area contributed by atoms with Gasteiger partial charge in [-0.2, -0.15) is 0 Å². The fourth-order valence-corrected chi connectivity index (χ4v) is 20.2. The Hall–Kier alpha value is -16.8. The molecular formula is C139H151N11. The summed E-state index contributed by atoms with van der Waals surface area (Å²) >= 11 is 0. The van der Waals surface area contributed by atoms with E-state index < -0.39 is 0 Å². The number of para-hydroxylation sites is 18. The summed E-state index contributed by atoms with van der Waals surface area (Å²) in [5, 5.41) is 24.1. The standard InChI is InChI=1S/9C13H11N.C10H16N2.6C2H6/c9*1-14-12-8-4-2-6-10(12)11-7-3-5-9-13(11)14;1-4-8-7-9(5-2)12-10(6-3)11-8;6*1-2/h9*2-9H,1H3;7H,4-6H2,1-3H3;6*1-2H3. The average molecular weight is 1980 g/mol. The summed E-state index contributed by atoms with van der Waals surface area (Å²) in [6.45, 7) is 30.3. The highest BCUT2D eigenvalue weighted by atomic mass is 15.0. The molecule has 0 bridgehead atoms. The first-order chi connectivity index (χ1) is 73.7. The van der Waals surface area contributed by atoms with E-state index in [4.69, 9.17) is 0 Å². The highest BCUT2D eigenvalue weighted by Crippen LogP contribution is 2.36. The molecule has 150 heavy (non-hydrogen) atoms. The molecule has 0 aliphatic heterocycles. The lowest BCUT2D eigenvalue weighted by molar-refractivity contribution is 0.847. The zero-order valence-corrected chi connectivity index (χ0v) is 92.7. The molecular weight excluding hydrogens is 1820 g/mol. The highest BCUT2D eigenvalue weighted by molar-refractivity contribution is 6.15. The summed E-state index contributed by atoms with van der Waals surface area (Å²) in [7, 11) is 19.0. The molecule has 11 heteroatoms. The molecule has 0 saturated heterocycles. The van der Waals surface area contributed by atoms with Crippen LogP contribution in [0.25, 0.3) is 196 Å². The maximum absolute atomic E-state index is 4.41. The normalized spacial score (nSPS) is 10.5. The van der Waals surface area contributed by atoms with Crippen molar-refractivity contribution >= 4 is 196 Å². The van der Waals surface area contributed by atoms with Crippen molar-refractivity contribution in [3.8, 4) is 0 Å². The van der Waals surface area contributed by atoms with E-state index in [1.165, 1.54) is 208 Å². The Morgan fingerprint density at radius 2 is 0.207 bits per heavy atom. The third kappa shape index (κ3) is 23.6. The summed E-state index contributed by atoms with van der Waals surface area (Å²) < 4.78 is 20.2. The topological polar surface area (TPSA) is 70.2 Å². The first-order valence-electron chi connectivity index (χ1n) is 53.8. The molecule has 0 aliphatic carbocycles. The van der Waals surface area contributed by atoms with E-state index in [1.54, 1.807) is 0 Å². The number of fused-ring (bicyclic) bond motifs is 27. The van der Waals surface area contributed by atoms with Gasteiger partial charge in [-0.25, -0.2) is 9.97 Å². The summed E-state index contributed by atoms with van der Waals surface area (Å²) in [4.78, 5) is 8.81. The first-order valence-corrected chi connectivity index (χ1v) is 53.8. The van der Waals surface area contributed by atoms with Crippen molar-refractivity contribution in [2.45, 2.75) is 123 Å². The second kappa shape index (κ2) is 54.1. The molecule has 0 radical (unpaired) electrons. The third-order valence-corrected chi connectivity index (χ3v) is 27.3. The molecule has 28 rings (SSSR count). The van der Waals surface area contributed by atoms with Gasteiger partial charge in [-0.3, -0.25) is 0 Å². The largest absolute Gasteiger partial charge is 0.344 e. The zero-order chi connectivity index (χ0) is 107. The van der Waals surface area contributed by atoms with Crippen LogP contribution >= 0.6 is 0 Å². The molecule has 0 unspecified atom stereocenters. The maximum Gasteiger partial charge on any atom is 0.128 e. The van der Waals surface area contributed by atoms with Crippen molar-refractivity contribution in [1.29, 1.82) is 0 Å². The molecule has 0 saturated carbocycles. The minimum atomic E-state index is 0.931. The molecule has 762 valence electrons. The first kappa shape index (κ1) is 110. The van der Waals surface area contributed by atoms with Gasteiger partial charge in [0.25, 0.3) is 0 Å². The second-order valence-corrected chi connectivity index (χ2v) is 35.2. The van der Waals surface area contributed by atoms with E-state index in [-0.39, 0.29) is 0 Å². The van der Waals surface area contributed by atoms with Crippen molar-refractivity contribution < 1.29 is 0 Å². The van der Waals surface area contributed by atoms with Crippen molar-refractivity contribution in [3.05, 3.63) is 460 Å². The molecule has 18 aromatic carbocycles.